The first-order valence-electron chi connectivity index (χ1n) is 5.53. The molecule has 0 fully saturated rings. The van der Waals surface area contributed by atoms with Crippen molar-refractivity contribution in [2.45, 2.75) is 11.8 Å². The Hall–Kier alpha value is -0.970. The van der Waals surface area contributed by atoms with Crippen LogP contribution in [0.25, 0.3) is 0 Å². The lowest BCUT2D eigenvalue weighted by Gasteiger charge is -2.09. The maximum atomic E-state index is 12.2. The van der Waals surface area contributed by atoms with Crippen molar-refractivity contribution in [2.24, 2.45) is 0 Å². The average molecular weight is 357 g/mol. The standard InChI is InChI=1S/C14H11BrClNOS/c1-8-2-5-13(12(16)6-8)17-14(18)10-7-9(19)3-4-11(10)15/h2-7,19H,1H3,(H,17,18). The maximum Gasteiger partial charge on any atom is 0.256 e. The van der Waals surface area contributed by atoms with E-state index >= 15 is 0 Å². The quantitative estimate of drug-likeness (QED) is 0.732. The number of carbonyl (C=O) groups is 1. The molecule has 5 heteroatoms. The Kier molecular flexibility index (Phi) is 4.55. The molecule has 0 saturated heterocycles. The summed E-state index contributed by atoms with van der Waals surface area (Å²) in [6.45, 7) is 1.94. The van der Waals surface area contributed by atoms with E-state index in [-0.39, 0.29) is 5.91 Å². The largest absolute Gasteiger partial charge is 0.321 e. The molecule has 0 unspecified atom stereocenters. The highest BCUT2D eigenvalue weighted by molar-refractivity contribution is 9.10. The third-order valence-corrected chi connectivity index (χ3v) is 3.85. The number of halogens is 2. The van der Waals surface area contributed by atoms with Crippen LogP contribution < -0.4 is 5.32 Å². The Balaban J connectivity index is 2.28. The van der Waals surface area contributed by atoms with Gasteiger partial charge in [0.15, 0.2) is 0 Å². The van der Waals surface area contributed by atoms with Gasteiger partial charge in [0, 0.05) is 9.37 Å². The van der Waals surface area contributed by atoms with Crippen LogP contribution in [0.3, 0.4) is 0 Å². The second kappa shape index (κ2) is 5.99. The van der Waals surface area contributed by atoms with Gasteiger partial charge in [0.25, 0.3) is 5.91 Å². The van der Waals surface area contributed by atoms with E-state index in [0.29, 0.717) is 20.7 Å². The van der Waals surface area contributed by atoms with Gasteiger partial charge in [0.2, 0.25) is 0 Å². The number of hydrogen-bond donors (Lipinski definition) is 2. The molecule has 0 aliphatic heterocycles. The van der Waals surface area contributed by atoms with Gasteiger partial charge in [-0.2, -0.15) is 0 Å². The molecular weight excluding hydrogens is 346 g/mol. The van der Waals surface area contributed by atoms with Gasteiger partial charge in [-0.25, -0.2) is 0 Å². The van der Waals surface area contributed by atoms with Crippen molar-refractivity contribution in [3.05, 3.63) is 57.0 Å². The number of amides is 1. The minimum absolute atomic E-state index is 0.228. The van der Waals surface area contributed by atoms with Crippen molar-refractivity contribution >= 4 is 51.8 Å². The molecule has 98 valence electrons. The number of thiol groups is 1. The van der Waals surface area contributed by atoms with Crippen LogP contribution in [-0.4, -0.2) is 5.91 Å². The highest BCUT2D eigenvalue weighted by Crippen LogP contribution is 2.25. The summed E-state index contributed by atoms with van der Waals surface area (Å²) in [5.41, 5.74) is 2.15. The van der Waals surface area contributed by atoms with Gasteiger partial charge in [-0.1, -0.05) is 17.7 Å². The van der Waals surface area contributed by atoms with Gasteiger partial charge in [0.1, 0.15) is 0 Å². The summed E-state index contributed by atoms with van der Waals surface area (Å²) in [5.74, 6) is -0.228. The average Bonchev–Trinajstić information content (AvgIpc) is 2.35. The second-order valence-electron chi connectivity index (χ2n) is 4.10. The molecule has 1 N–H and O–H groups in total. The number of benzene rings is 2. The van der Waals surface area contributed by atoms with Gasteiger partial charge in [0.05, 0.1) is 16.3 Å². The molecule has 0 atom stereocenters. The molecule has 19 heavy (non-hydrogen) atoms. The van der Waals surface area contributed by atoms with E-state index in [9.17, 15) is 4.79 Å². The highest BCUT2D eigenvalue weighted by atomic mass is 79.9. The number of nitrogens with one attached hydrogen (secondary N) is 1. The molecule has 1 amide bonds. The summed E-state index contributed by atoms with van der Waals surface area (Å²) in [6.07, 6.45) is 0. The fraction of sp³-hybridized carbons (Fsp3) is 0.0714. The fourth-order valence-electron chi connectivity index (χ4n) is 1.60. The molecule has 2 nitrogen and oxygen atoms in total. The van der Waals surface area contributed by atoms with Crippen LogP contribution in [0.2, 0.25) is 5.02 Å². The Bertz CT molecular complexity index is 645. The monoisotopic (exact) mass is 355 g/mol. The lowest BCUT2D eigenvalue weighted by Crippen LogP contribution is -2.13. The van der Waals surface area contributed by atoms with E-state index < -0.39 is 0 Å². The molecule has 0 radical (unpaired) electrons. The zero-order valence-corrected chi connectivity index (χ0v) is 13.3. The van der Waals surface area contributed by atoms with Crippen LogP contribution >= 0.6 is 40.2 Å². The van der Waals surface area contributed by atoms with E-state index in [1.165, 1.54) is 0 Å². The lowest BCUT2D eigenvalue weighted by atomic mass is 10.2. The molecule has 0 heterocycles. The van der Waals surface area contributed by atoms with Crippen molar-refractivity contribution < 1.29 is 4.79 Å². The lowest BCUT2D eigenvalue weighted by molar-refractivity contribution is 0.102. The van der Waals surface area contributed by atoms with Crippen molar-refractivity contribution in [3.63, 3.8) is 0 Å². The van der Waals surface area contributed by atoms with Crippen molar-refractivity contribution in [1.82, 2.24) is 0 Å². The Morgan fingerprint density at radius 3 is 2.68 bits per heavy atom. The minimum Gasteiger partial charge on any atom is -0.321 e. The van der Waals surface area contributed by atoms with Crippen LogP contribution in [0.5, 0.6) is 0 Å². The zero-order chi connectivity index (χ0) is 14.0. The third kappa shape index (κ3) is 3.53. The summed E-state index contributed by atoms with van der Waals surface area (Å²) < 4.78 is 0.714. The zero-order valence-electron chi connectivity index (χ0n) is 10.1. The van der Waals surface area contributed by atoms with E-state index in [2.05, 4.69) is 33.9 Å². The first kappa shape index (κ1) is 14.4. The molecule has 2 rings (SSSR count). The molecule has 0 saturated carbocycles. The Labute approximate surface area is 130 Å². The number of carbonyl (C=O) groups excluding carboxylic acids is 1. The van der Waals surface area contributed by atoms with Gasteiger partial charge in [-0.3, -0.25) is 4.79 Å². The number of rotatable bonds is 2. The van der Waals surface area contributed by atoms with Crippen LogP contribution in [-0.2, 0) is 0 Å². The van der Waals surface area contributed by atoms with E-state index in [0.717, 1.165) is 10.5 Å². The van der Waals surface area contributed by atoms with Crippen LogP contribution in [0.1, 0.15) is 15.9 Å². The van der Waals surface area contributed by atoms with Crippen molar-refractivity contribution in [3.8, 4) is 0 Å². The molecule has 0 aromatic heterocycles. The predicted molar refractivity (Wildman–Crippen MR) is 85.5 cm³/mol. The van der Waals surface area contributed by atoms with Gasteiger partial charge < -0.3 is 5.32 Å². The fourth-order valence-corrected chi connectivity index (χ4v) is 2.51. The number of hydrogen-bond acceptors (Lipinski definition) is 2. The summed E-state index contributed by atoms with van der Waals surface area (Å²) in [5, 5.41) is 3.31. The first-order chi connectivity index (χ1) is 8.97. The molecule has 0 bridgehead atoms. The van der Waals surface area contributed by atoms with Crippen molar-refractivity contribution in [1.29, 1.82) is 0 Å². The van der Waals surface area contributed by atoms with Gasteiger partial charge in [-0.05, 0) is 58.7 Å². The summed E-state index contributed by atoms with van der Waals surface area (Å²) in [7, 11) is 0. The molecule has 0 aliphatic rings. The summed E-state index contributed by atoms with van der Waals surface area (Å²) >= 11 is 13.7. The highest BCUT2D eigenvalue weighted by Gasteiger charge is 2.12. The van der Waals surface area contributed by atoms with Gasteiger partial charge >= 0.3 is 0 Å². The summed E-state index contributed by atoms with van der Waals surface area (Å²) in [4.78, 5) is 12.9. The molecular formula is C14H11BrClNOS. The van der Waals surface area contributed by atoms with E-state index in [4.69, 9.17) is 11.6 Å². The topological polar surface area (TPSA) is 29.1 Å². The molecule has 2 aromatic carbocycles. The molecule has 0 aliphatic carbocycles. The van der Waals surface area contributed by atoms with E-state index in [1.807, 2.05) is 19.1 Å². The smallest absolute Gasteiger partial charge is 0.256 e. The van der Waals surface area contributed by atoms with Gasteiger partial charge in [-0.15, -0.1) is 12.6 Å². The van der Waals surface area contributed by atoms with Crippen LogP contribution in [0, 0.1) is 6.92 Å². The number of anilines is 1. The van der Waals surface area contributed by atoms with E-state index in [1.54, 1.807) is 24.3 Å². The molecule has 0 spiro atoms. The molecule has 2 aromatic rings. The SMILES string of the molecule is Cc1ccc(NC(=O)c2cc(S)ccc2Br)c(Cl)c1. The predicted octanol–water partition coefficient (Wildman–Crippen LogP) is 4.95. The maximum absolute atomic E-state index is 12.2. The van der Waals surface area contributed by atoms with Crippen LogP contribution in [0.15, 0.2) is 45.8 Å². The van der Waals surface area contributed by atoms with Crippen LogP contribution in [0.4, 0.5) is 5.69 Å². The second-order valence-corrected chi connectivity index (χ2v) is 5.88. The minimum atomic E-state index is -0.228. The summed E-state index contributed by atoms with van der Waals surface area (Å²) in [6, 6.07) is 10.8. The Morgan fingerprint density at radius 2 is 2.00 bits per heavy atom. The normalized spacial score (nSPS) is 10.3. The Morgan fingerprint density at radius 1 is 1.26 bits per heavy atom. The van der Waals surface area contributed by atoms with Crippen molar-refractivity contribution in [2.75, 3.05) is 5.32 Å². The first-order valence-corrected chi connectivity index (χ1v) is 7.15. The number of aryl methyl sites for hydroxylation is 1. The third-order valence-electron chi connectivity index (χ3n) is 2.57.